The number of nitrogens with two attached hydrogens (primary N) is 1. The van der Waals surface area contributed by atoms with E-state index in [1.54, 1.807) is 6.20 Å². The molecule has 1 aliphatic heterocycles. The number of hydrogen-bond donors (Lipinski definition) is 2. The second-order valence-electron chi connectivity index (χ2n) is 4.70. The number of nitrogens with one attached hydrogen (secondary N) is 1. The molecule has 0 spiro atoms. The molecule has 1 atom stereocenters. The molecule has 2 aromatic rings. The zero-order chi connectivity index (χ0) is 13.2. The predicted molar refractivity (Wildman–Crippen MR) is 73.0 cm³/mol. The van der Waals surface area contributed by atoms with Gasteiger partial charge < -0.3 is 15.4 Å². The molecule has 2 aromatic heterocycles. The van der Waals surface area contributed by atoms with Crippen molar-refractivity contribution < 1.29 is 4.74 Å². The molecule has 19 heavy (non-hydrogen) atoms. The third kappa shape index (κ3) is 2.33. The fourth-order valence-corrected chi connectivity index (χ4v) is 2.58. The lowest BCUT2D eigenvalue weighted by atomic mass is 10.1. The number of rotatable bonds is 3. The zero-order valence-corrected chi connectivity index (χ0v) is 11.0. The Morgan fingerprint density at radius 2 is 2.42 bits per heavy atom. The predicted octanol–water partition coefficient (Wildman–Crippen LogP) is 0.940. The van der Waals surface area contributed by atoms with Crippen LogP contribution in [0.2, 0.25) is 0 Å². The maximum absolute atomic E-state index is 5.76. The lowest BCUT2D eigenvalue weighted by Gasteiger charge is -2.33. The van der Waals surface area contributed by atoms with E-state index in [1.165, 1.54) is 0 Å². The van der Waals surface area contributed by atoms with Crippen LogP contribution in [0.4, 0.5) is 11.8 Å². The van der Waals surface area contributed by atoms with E-state index in [0.29, 0.717) is 5.65 Å². The number of nitrogen functional groups attached to an aromatic ring is 1. The van der Waals surface area contributed by atoms with Gasteiger partial charge >= 0.3 is 0 Å². The van der Waals surface area contributed by atoms with E-state index in [1.807, 2.05) is 6.92 Å². The van der Waals surface area contributed by atoms with Gasteiger partial charge in [-0.15, -0.1) is 0 Å². The van der Waals surface area contributed by atoms with E-state index in [2.05, 4.69) is 25.1 Å². The molecule has 1 saturated heterocycles. The van der Waals surface area contributed by atoms with Gasteiger partial charge in [0.15, 0.2) is 5.65 Å². The number of anilines is 2. The van der Waals surface area contributed by atoms with Crippen LogP contribution in [0.1, 0.15) is 19.8 Å². The van der Waals surface area contributed by atoms with Crippen LogP contribution in [0.3, 0.4) is 0 Å². The number of nitrogens with zero attached hydrogens (tertiary/aromatic N) is 4. The first-order valence-corrected chi connectivity index (χ1v) is 6.61. The molecular weight excluding hydrogens is 244 g/mol. The van der Waals surface area contributed by atoms with Crippen molar-refractivity contribution in [3.63, 3.8) is 0 Å². The van der Waals surface area contributed by atoms with E-state index >= 15 is 0 Å². The number of fused-ring (bicyclic) bond motifs is 1. The van der Waals surface area contributed by atoms with E-state index < -0.39 is 0 Å². The first-order valence-electron chi connectivity index (χ1n) is 6.61. The van der Waals surface area contributed by atoms with Crippen molar-refractivity contribution in [2.24, 2.45) is 0 Å². The van der Waals surface area contributed by atoms with Gasteiger partial charge in [-0.05, 0) is 19.8 Å². The topological polar surface area (TPSA) is 93.0 Å². The Morgan fingerprint density at radius 1 is 1.53 bits per heavy atom. The molecule has 1 aliphatic rings. The molecule has 3 N–H and O–H groups in total. The molecule has 3 rings (SSSR count). The molecule has 0 amide bonds. The minimum Gasteiger partial charge on any atom is -0.377 e. The highest BCUT2D eigenvalue weighted by molar-refractivity contribution is 5.87. The SMILES string of the molecule is CCOC1CCCN(c2nc(N)nc3[nH]ncc23)C1. The Bertz CT molecular complexity index is 566. The van der Waals surface area contributed by atoms with Crippen LogP contribution in [-0.2, 0) is 4.74 Å². The normalized spacial score (nSPS) is 20.1. The van der Waals surface area contributed by atoms with Crippen LogP contribution in [-0.4, -0.2) is 46.0 Å². The molecule has 0 bridgehead atoms. The highest BCUT2D eigenvalue weighted by Crippen LogP contribution is 2.26. The fourth-order valence-electron chi connectivity index (χ4n) is 2.58. The number of piperidine rings is 1. The summed E-state index contributed by atoms with van der Waals surface area (Å²) in [6.07, 6.45) is 4.19. The molecule has 7 heteroatoms. The molecular formula is C12H18N6O. The third-order valence-corrected chi connectivity index (χ3v) is 3.39. The molecule has 0 aliphatic carbocycles. The van der Waals surface area contributed by atoms with Gasteiger partial charge in [0, 0.05) is 19.7 Å². The summed E-state index contributed by atoms with van der Waals surface area (Å²) in [6.45, 7) is 4.56. The fraction of sp³-hybridized carbons (Fsp3) is 0.583. The van der Waals surface area contributed by atoms with Gasteiger partial charge in [-0.25, -0.2) is 0 Å². The van der Waals surface area contributed by atoms with Crippen molar-refractivity contribution in [1.29, 1.82) is 0 Å². The second kappa shape index (κ2) is 5.00. The smallest absolute Gasteiger partial charge is 0.224 e. The molecule has 0 radical (unpaired) electrons. The molecule has 1 fully saturated rings. The zero-order valence-electron chi connectivity index (χ0n) is 11.0. The Labute approximate surface area is 111 Å². The number of hydrogen-bond acceptors (Lipinski definition) is 6. The Kier molecular flexibility index (Phi) is 3.20. The van der Waals surface area contributed by atoms with E-state index in [4.69, 9.17) is 10.5 Å². The average molecular weight is 262 g/mol. The lowest BCUT2D eigenvalue weighted by Crippen LogP contribution is -2.40. The number of ether oxygens (including phenoxy) is 1. The van der Waals surface area contributed by atoms with Crippen molar-refractivity contribution in [2.45, 2.75) is 25.9 Å². The summed E-state index contributed by atoms with van der Waals surface area (Å²) in [5.74, 6) is 1.12. The molecule has 7 nitrogen and oxygen atoms in total. The lowest BCUT2D eigenvalue weighted by molar-refractivity contribution is 0.0526. The van der Waals surface area contributed by atoms with Crippen molar-refractivity contribution in [3.05, 3.63) is 6.20 Å². The molecule has 0 aromatic carbocycles. The van der Waals surface area contributed by atoms with Crippen LogP contribution >= 0.6 is 0 Å². The van der Waals surface area contributed by atoms with Crippen LogP contribution < -0.4 is 10.6 Å². The van der Waals surface area contributed by atoms with E-state index in [-0.39, 0.29) is 12.1 Å². The minimum absolute atomic E-state index is 0.261. The van der Waals surface area contributed by atoms with E-state index in [0.717, 1.165) is 43.7 Å². The number of aromatic nitrogens is 4. The van der Waals surface area contributed by atoms with Gasteiger partial charge in [0.05, 0.1) is 17.7 Å². The highest BCUT2D eigenvalue weighted by atomic mass is 16.5. The quantitative estimate of drug-likeness (QED) is 0.855. The highest BCUT2D eigenvalue weighted by Gasteiger charge is 2.23. The van der Waals surface area contributed by atoms with Gasteiger partial charge in [0.1, 0.15) is 5.82 Å². The Balaban J connectivity index is 1.92. The summed E-state index contributed by atoms with van der Waals surface area (Å²) >= 11 is 0. The summed E-state index contributed by atoms with van der Waals surface area (Å²) in [5.41, 5.74) is 6.44. The minimum atomic E-state index is 0.261. The van der Waals surface area contributed by atoms with Gasteiger partial charge in [-0.2, -0.15) is 15.1 Å². The Morgan fingerprint density at radius 3 is 3.26 bits per heavy atom. The van der Waals surface area contributed by atoms with Crippen LogP contribution in [0.25, 0.3) is 11.0 Å². The van der Waals surface area contributed by atoms with Crippen molar-refractivity contribution in [3.8, 4) is 0 Å². The van der Waals surface area contributed by atoms with Gasteiger partial charge in [-0.1, -0.05) is 0 Å². The standard InChI is InChI=1S/C12H18N6O/c1-2-19-8-4-3-5-18(7-8)11-9-6-14-17-10(9)15-12(13)16-11/h6,8H,2-5,7H2,1H3,(H3,13,14,15,16,17). The average Bonchev–Trinajstić information content (AvgIpc) is 2.86. The monoisotopic (exact) mass is 262 g/mol. The molecule has 1 unspecified atom stereocenters. The van der Waals surface area contributed by atoms with Gasteiger partial charge in [-0.3, -0.25) is 5.10 Å². The van der Waals surface area contributed by atoms with Crippen LogP contribution in [0, 0.1) is 0 Å². The largest absolute Gasteiger partial charge is 0.377 e. The summed E-state index contributed by atoms with van der Waals surface area (Å²) in [4.78, 5) is 10.7. The third-order valence-electron chi connectivity index (χ3n) is 3.39. The van der Waals surface area contributed by atoms with Crippen molar-refractivity contribution in [2.75, 3.05) is 30.3 Å². The van der Waals surface area contributed by atoms with Gasteiger partial charge in [0.2, 0.25) is 5.95 Å². The van der Waals surface area contributed by atoms with E-state index in [9.17, 15) is 0 Å². The van der Waals surface area contributed by atoms with Crippen molar-refractivity contribution >= 4 is 22.8 Å². The Hall–Kier alpha value is -1.89. The molecule has 0 saturated carbocycles. The van der Waals surface area contributed by atoms with Crippen LogP contribution in [0.15, 0.2) is 6.20 Å². The summed E-state index contributed by atoms with van der Waals surface area (Å²) < 4.78 is 5.72. The second-order valence-corrected chi connectivity index (χ2v) is 4.70. The number of aromatic amines is 1. The maximum atomic E-state index is 5.76. The van der Waals surface area contributed by atoms with Crippen molar-refractivity contribution in [1.82, 2.24) is 20.2 Å². The summed E-state index contributed by atoms with van der Waals surface area (Å²) in [5, 5.41) is 7.76. The molecule has 3 heterocycles. The summed E-state index contributed by atoms with van der Waals surface area (Å²) in [7, 11) is 0. The first-order chi connectivity index (χ1) is 9.28. The number of H-pyrrole nitrogens is 1. The van der Waals surface area contributed by atoms with Crippen LogP contribution in [0.5, 0.6) is 0 Å². The van der Waals surface area contributed by atoms with Gasteiger partial charge in [0.25, 0.3) is 0 Å². The maximum Gasteiger partial charge on any atom is 0.224 e. The summed E-state index contributed by atoms with van der Waals surface area (Å²) in [6, 6.07) is 0. The molecule has 102 valence electrons. The first kappa shape index (κ1) is 12.2.